The van der Waals surface area contributed by atoms with Gasteiger partial charge < -0.3 is 14.6 Å². The summed E-state index contributed by atoms with van der Waals surface area (Å²) in [6, 6.07) is 0. The number of carbonyl (C=O) groups is 3. The van der Waals surface area contributed by atoms with E-state index >= 15 is 0 Å². The maximum Gasteiger partial charge on any atom is 0.305 e. The standard InChI is InChI=1S/C37H66O6/c1-4-5-21-27-34(38)28-23-18-14-10-8-12-16-20-25-30-37(41)43-32-35(39)31-42-36(40)29-24-19-15-11-7-6-9-13-17-22-26-33(2)3/h14,18,23,28,33,35,39H,4-13,15-17,19-22,24-27,29-32H2,1-3H3/b18-14-,28-23+/t35-/m0/s1. The molecule has 0 fully saturated rings. The Hall–Kier alpha value is -1.95. The summed E-state index contributed by atoms with van der Waals surface area (Å²) in [5, 5.41) is 9.97. The molecule has 1 atom stereocenters. The summed E-state index contributed by atoms with van der Waals surface area (Å²) in [5.41, 5.74) is 0. The highest BCUT2D eigenvalue weighted by Crippen LogP contribution is 2.14. The highest BCUT2D eigenvalue weighted by atomic mass is 16.6. The van der Waals surface area contributed by atoms with Crippen molar-refractivity contribution in [3.63, 3.8) is 0 Å². The quantitative estimate of drug-likeness (QED) is 0.0366. The smallest absolute Gasteiger partial charge is 0.305 e. The molecule has 0 heterocycles. The number of hydrogen-bond acceptors (Lipinski definition) is 6. The molecule has 6 heteroatoms. The van der Waals surface area contributed by atoms with Crippen LogP contribution in [-0.4, -0.2) is 42.1 Å². The number of aliphatic hydroxyl groups excluding tert-OH is 1. The highest BCUT2D eigenvalue weighted by molar-refractivity contribution is 5.89. The largest absolute Gasteiger partial charge is 0.463 e. The van der Waals surface area contributed by atoms with Gasteiger partial charge in [-0.2, -0.15) is 0 Å². The lowest BCUT2D eigenvalue weighted by molar-refractivity contribution is -0.152. The third kappa shape index (κ3) is 32.8. The molecule has 0 radical (unpaired) electrons. The Labute approximate surface area is 264 Å². The average molecular weight is 607 g/mol. The van der Waals surface area contributed by atoms with E-state index in [9.17, 15) is 19.5 Å². The number of unbranched alkanes of at least 4 members (excludes halogenated alkanes) is 16. The molecule has 0 amide bonds. The Balaban J connectivity index is 3.52. The van der Waals surface area contributed by atoms with Crippen LogP contribution in [0.15, 0.2) is 24.3 Å². The fourth-order valence-electron chi connectivity index (χ4n) is 4.84. The fraction of sp³-hybridized carbons (Fsp3) is 0.811. The molecule has 0 aliphatic rings. The molecule has 0 saturated heterocycles. The molecule has 0 aliphatic heterocycles. The predicted octanol–water partition coefficient (Wildman–Crippen LogP) is 9.76. The molecule has 0 aliphatic carbocycles. The first-order valence-corrected chi connectivity index (χ1v) is 17.7. The number of ether oxygens (including phenoxy) is 2. The van der Waals surface area contributed by atoms with Crippen LogP contribution >= 0.6 is 0 Å². The average Bonchev–Trinajstić information content (AvgIpc) is 2.98. The van der Waals surface area contributed by atoms with Crippen LogP contribution in [0.2, 0.25) is 0 Å². The van der Waals surface area contributed by atoms with Gasteiger partial charge in [0, 0.05) is 19.3 Å². The van der Waals surface area contributed by atoms with Crippen molar-refractivity contribution < 1.29 is 29.0 Å². The zero-order valence-corrected chi connectivity index (χ0v) is 28.1. The Morgan fingerprint density at radius 2 is 1.07 bits per heavy atom. The Bertz CT molecular complexity index is 727. The van der Waals surface area contributed by atoms with Crippen molar-refractivity contribution >= 4 is 17.7 Å². The topological polar surface area (TPSA) is 89.9 Å². The molecule has 0 spiro atoms. The minimum atomic E-state index is -0.986. The normalized spacial score (nSPS) is 12.4. The zero-order valence-electron chi connectivity index (χ0n) is 28.1. The molecule has 0 rings (SSSR count). The molecule has 0 aromatic rings. The van der Waals surface area contributed by atoms with E-state index in [1.165, 1.54) is 51.4 Å². The van der Waals surface area contributed by atoms with Gasteiger partial charge in [-0.15, -0.1) is 0 Å². The molecule has 0 bridgehead atoms. The van der Waals surface area contributed by atoms with Crippen LogP contribution in [0, 0.1) is 5.92 Å². The van der Waals surface area contributed by atoms with Gasteiger partial charge in [-0.1, -0.05) is 135 Å². The van der Waals surface area contributed by atoms with Crippen LogP contribution < -0.4 is 0 Å². The SMILES string of the molecule is CCCCCC(=O)/C=C/C=C\CCCCCCCC(=O)OC[C@@H](O)COC(=O)CCCCCCCCCCCCC(C)C. The van der Waals surface area contributed by atoms with Crippen LogP contribution in [0.3, 0.4) is 0 Å². The first-order chi connectivity index (χ1) is 20.8. The number of esters is 2. The second-order valence-electron chi connectivity index (χ2n) is 12.5. The van der Waals surface area contributed by atoms with Crippen LogP contribution in [0.25, 0.3) is 0 Å². The van der Waals surface area contributed by atoms with E-state index < -0.39 is 6.10 Å². The van der Waals surface area contributed by atoms with E-state index in [2.05, 4.69) is 26.8 Å². The summed E-state index contributed by atoms with van der Waals surface area (Å²) in [5.74, 6) is 0.397. The molecule has 0 aromatic carbocycles. The summed E-state index contributed by atoms with van der Waals surface area (Å²) in [6.45, 7) is 6.43. The summed E-state index contributed by atoms with van der Waals surface area (Å²) < 4.78 is 10.3. The van der Waals surface area contributed by atoms with Gasteiger partial charge in [0.2, 0.25) is 0 Å². The van der Waals surface area contributed by atoms with E-state index in [1.807, 2.05) is 12.2 Å². The second-order valence-corrected chi connectivity index (χ2v) is 12.5. The van der Waals surface area contributed by atoms with Crippen LogP contribution in [0.5, 0.6) is 0 Å². The van der Waals surface area contributed by atoms with Crippen molar-refractivity contribution in [2.45, 2.75) is 175 Å². The van der Waals surface area contributed by atoms with Gasteiger partial charge in [-0.3, -0.25) is 14.4 Å². The van der Waals surface area contributed by atoms with Gasteiger partial charge in [0.05, 0.1) is 0 Å². The van der Waals surface area contributed by atoms with E-state index in [1.54, 1.807) is 6.08 Å². The Kier molecular flexibility index (Phi) is 30.0. The third-order valence-corrected chi connectivity index (χ3v) is 7.59. The molecular weight excluding hydrogens is 540 g/mol. The Morgan fingerprint density at radius 3 is 1.58 bits per heavy atom. The molecule has 1 N–H and O–H groups in total. The number of allylic oxidation sites excluding steroid dienone is 4. The molecule has 6 nitrogen and oxygen atoms in total. The number of carbonyl (C=O) groups excluding carboxylic acids is 3. The van der Waals surface area contributed by atoms with Gasteiger partial charge in [-0.25, -0.2) is 0 Å². The van der Waals surface area contributed by atoms with Gasteiger partial charge in [-0.05, 0) is 44.1 Å². The lowest BCUT2D eigenvalue weighted by atomic mass is 10.0. The molecule has 0 aromatic heterocycles. The first-order valence-electron chi connectivity index (χ1n) is 17.7. The van der Waals surface area contributed by atoms with Gasteiger partial charge >= 0.3 is 11.9 Å². The van der Waals surface area contributed by atoms with Crippen molar-refractivity contribution in [3.8, 4) is 0 Å². The molecule has 250 valence electrons. The van der Waals surface area contributed by atoms with E-state index in [0.29, 0.717) is 19.3 Å². The molecule has 0 saturated carbocycles. The van der Waals surface area contributed by atoms with Crippen molar-refractivity contribution in [1.29, 1.82) is 0 Å². The molecular formula is C37H66O6. The monoisotopic (exact) mass is 606 g/mol. The fourth-order valence-corrected chi connectivity index (χ4v) is 4.84. The van der Waals surface area contributed by atoms with Crippen LogP contribution in [0.1, 0.15) is 168 Å². The second kappa shape index (κ2) is 31.5. The lowest BCUT2D eigenvalue weighted by Gasteiger charge is -2.12. The summed E-state index contributed by atoms with van der Waals surface area (Å²) >= 11 is 0. The lowest BCUT2D eigenvalue weighted by Crippen LogP contribution is -2.25. The van der Waals surface area contributed by atoms with Gasteiger partial charge in [0.1, 0.15) is 19.3 Å². The van der Waals surface area contributed by atoms with Gasteiger partial charge in [0.15, 0.2) is 5.78 Å². The van der Waals surface area contributed by atoms with E-state index in [-0.39, 0.29) is 30.9 Å². The summed E-state index contributed by atoms with van der Waals surface area (Å²) in [6.07, 6.45) is 30.6. The Morgan fingerprint density at radius 1 is 0.605 bits per heavy atom. The highest BCUT2D eigenvalue weighted by Gasteiger charge is 2.12. The van der Waals surface area contributed by atoms with Crippen LogP contribution in [-0.2, 0) is 23.9 Å². The number of ketones is 1. The third-order valence-electron chi connectivity index (χ3n) is 7.59. The minimum absolute atomic E-state index is 0.136. The van der Waals surface area contributed by atoms with Crippen molar-refractivity contribution in [1.82, 2.24) is 0 Å². The van der Waals surface area contributed by atoms with Crippen molar-refractivity contribution in [2.24, 2.45) is 5.92 Å². The van der Waals surface area contributed by atoms with Crippen molar-refractivity contribution in [2.75, 3.05) is 13.2 Å². The summed E-state index contributed by atoms with van der Waals surface area (Å²) in [7, 11) is 0. The zero-order chi connectivity index (χ0) is 31.8. The number of aliphatic hydroxyl groups is 1. The molecule has 43 heavy (non-hydrogen) atoms. The van der Waals surface area contributed by atoms with Crippen molar-refractivity contribution in [3.05, 3.63) is 24.3 Å². The predicted molar refractivity (Wildman–Crippen MR) is 178 cm³/mol. The van der Waals surface area contributed by atoms with Crippen LogP contribution in [0.4, 0.5) is 0 Å². The molecule has 0 unspecified atom stereocenters. The maximum absolute atomic E-state index is 11.9. The number of hydrogen-bond donors (Lipinski definition) is 1. The maximum atomic E-state index is 11.9. The summed E-state index contributed by atoms with van der Waals surface area (Å²) in [4.78, 5) is 35.5. The minimum Gasteiger partial charge on any atom is -0.463 e. The van der Waals surface area contributed by atoms with Gasteiger partial charge in [0.25, 0.3) is 0 Å². The van der Waals surface area contributed by atoms with E-state index in [4.69, 9.17) is 9.47 Å². The number of rotatable bonds is 31. The van der Waals surface area contributed by atoms with E-state index in [0.717, 1.165) is 83.0 Å². The first kappa shape index (κ1) is 41.0.